The molecule has 9 nitrogen and oxygen atoms in total. The van der Waals surface area contributed by atoms with Crippen LogP contribution in [0.1, 0.15) is 5.01 Å². The number of methoxy groups -OCH3 is 2. The molecule has 1 amide bonds. The van der Waals surface area contributed by atoms with Gasteiger partial charge in [0.1, 0.15) is 12.2 Å². The summed E-state index contributed by atoms with van der Waals surface area (Å²) in [5.41, 5.74) is 2.43. The van der Waals surface area contributed by atoms with Crippen molar-refractivity contribution in [1.29, 1.82) is 0 Å². The fourth-order valence-corrected chi connectivity index (χ4v) is 5.34. The van der Waals surface area contributed by atoms with Gasteiger partial charge in [0.2, 0.25) is 5.91 Å². The molecule has 0 saturated carbocycles. The zero-order chi connectivity index (χ0) is 25.2. The Morgan fingerprint density at radius 1 is 1.00 bits per heavy atom. The molecular weight excluding hydrogens is 478 g/mol. The van der Waals surface area contributed by atoms with E-state index in [0.29, 0.717) is 40.5 Å². The number of carbonyl (C=O) groups excluding carboxylic acids is 1. The van der Waals surface area contributed by atoms with Crippen molar-refractivity contribution < 1.29 is 14.3 Å². The standard InChI is InChI=1S/C26H27N5O4S/c1-17-27-24-25(36-17)23(18-9-10-20(34-2)21(15-18)35-3)28-31(26(24)33)16-22(32)30-13-11-29(12-14-30)19-7-5-4-6-8-19/h4-10,15H,11-14,16H2,1-3H3. The van der Waals surface area contributed by atoms with Gasteiger partial charge in [0.15, 0.2) is 17.0 Å². The van der Waals surface area contributed by atoms with Gasteiger partial charge in [-0.2, -0.15) is 5.10 Å². The van der Waals surface area contributed by atoms with Gasteiger partial charge in [-0.05, 0) is 37.3 Å². The number of carbonyl (C=O) groups is 1. The molecule has 36 heavy (non-hydrogen) atoms. The Morgan fingerprint density at radius 2 is 1.72 bits per heavy atom. The van der Waals surface area contributed by atoms with E-state index in [0.717, 1.165) is 29.3 Å². The molecule has 2 aromatic heterocycles. The number of hydrogen-bond acceptors (Lipinski definition) is 8. The number of hydrogen-bond donors (Lipinski definition) is 0. The van der Waals surface area contributed by atoms with Gasteiger partial charge in [-0.15, -0.1) is 11.3 Å². The highest BCUT2D eigenvalue weighted by molar-refractivity contribution is 7.19. The first-order chi connectivity index (χ1) is 17.5. The Labute approximate surface area is 212 Å². The van der Waals surface area contributed by atoms with Crippen molar-refractivity contribution in [3.8, 4) is 22.8 Å². The summed E-state index contributed by atoms with van der Waals surface area (Å²) in [7, 11) is 3.14. The van der Waals surface area contributed by atoms with E-state index in [4.69, 9.17) is 9.47 Å². The van der Waals surface area contributed by atoms with Gasteiger partial charge in [-0.3, -0.25) is 9.59 Å². The fourth-order valence-electron chi connectivity index (χ4n) is 4.43. The van der Waals surface area contributed by atoms with Crippen LogP contribution < -0.4 is 19.9 Å². The third-order valence-electron chi connectivity index (χ3n) is 6.30. The minimum Gasteiger partial charge on any atom is -0.493 e. The summed E-state index contributed by atoms with van der Waals surface area (Å²) in [6.45, 7) is 4.35. The maximum Gasteiger partial charge on any atom is 0.294 e. The van der Waals surface area contributed by atoms with Crippen LogP contribution in [0.4, 0.5) is 5.69 Å². The van der Waals surface area contributed by atoms with Crippen LogP contribution in [-0.4, -0.2) is 66.0 Å². The summed E-state index contributed by atoms with van der Waals surface area (Å²) in [5.74, 6) is 1.01. The molecule has 1 aliphatic heterocycles. The van der Waals surface area contributed by atoms with E-state index in [2.05, 4.69) is 27.1 Å². The SMILES string of the molecule is COc1ccc(-c2nn(CC(=O)N3CCN(c4ccccc4)CC3)c(=O)c3nc(C)sc23)cc1OC. The minimum absolute atomic E-state index is 0.137. The molecule has 5 rings (SSSR count). The largest absolute Gasteiger partial charge is 0.493 e. The molecule has 1 aliphatic rings. The van der Waals surface area contributed by atoms with E-state index in [1.165, 1.54) is 16.0 Å². The fraction of sp³-hybridized carbons (Fsp3) is 0.308. The first-order valence-corrected chi connectivity index (χ1v) is 12.5. The lowest BCUT2D eigenvalue weighted by Crippen LogP contribution is -2.50. The predicted molar refractivity (Wildman–Crippen MR) is 140 cm³/mol. The van der Waals surface area contributed by atoms with E-state index >= 15 is 0 Å². The Kier molecular flexibility index (Phi) is 6.60. The first-order valence-electron chi connectivity index (χ1n) is 11.7. The van der Waals surface area contributed by atoms with Crippen molar-refractivity contribution in [2.45, 2.75) is 13.5 Å². The van der Waals surface area contributed by atoms with E-state index in [9.17, 15) is 9.59 Å². The van der Waals surface area contributed by atoms with E-state index < -0.39 is 0 Å². The molecule has 0 radical (unpaired) electrons. The number of amides is 1. The van der Waals surface area contributed by atoms with E-state index in [-0.39, 0.29) is 18.0 Å². The van der Waals surface area contributed by atoms with Crippen LogP contribution in [0, 0.1) is 6.92 Å². The Bertz CT molecular complexity index is 1460. The average Bonchev–Trinajstić information content (AvgIpc) is 3.32. The number of aryl methyl sites for hydroxylation is 1. The molecular formula is C26H27N5O4S. The molecule has 0 spiro atoms. The van der Waals surface area contributed by atoms with Gasteiger partial charge in [0, 0.05) is 37.4 Å². The van der Waals surface area contributed by atoms with Gasteiger partial charge in [-0.25, -0.2) is 9.67 Å². The number of rotatable bonds is 6. The lowest BCUT2D eigenvalue weighted by molar-refractivity contribution is -0.132. The number of fused-ring (bicyclic) bond motifs is 1. The number of aromatic nitrogens is 3. The maximum atomic E-state index is 13.2. The highest BCUT2D eigenvalue weighted by Gasteiger charge is 2.24. The topological polar surface area (TPSA) is 89.8 Å². The van der Waals surface area contributed by atoms with Gasteiger partial charge in [0.25, 0.3) is 5.56 Å². The number of nitrogens with zero attached hydrogens (tertiary/aromatic N) is 5. The lowest BCUT2D eigenvalue weighted by atomic mass is 10.1. The normalized spacial score (nSPS) is 13.8. The summed E-state index contributed by atoms with van der Waals surface area (Å²) in [6.07, 6.45) is 0. The highest BCUT2D eigenvalue weighted by atomic mass is 32.1. The van der Waals surface area contributed by atoms with E-state index in [1.54, 1.807) is 25.2 Å². The molecule has 3 heterocycles. The summed E-state index contributed by atoms with van der Waals surface area (Å²) in [5, 5.41) is 5.39. The van der Waals surface area contributed by atoms with Crippen LogP contribution in [0.25, 0.3) is 21.5 Å². The summed E-state index contributed by atoms with van der Waals surface area (Å²) >= 11 is 1.41. The van der Waals surface area contributed by atoms with Gasteiger partial charge in [-0.1, -0.05) is 18.2 Å². The summed E-state index contributed by atoms with van der Waals surface area (Å²) < 4.78 is 12.7. The van der Waals surface area contributed by atoms with Gasteiger partial charge >= 0.3 is 0 Å². The maximum absolute atomic E-state index is 13.2. The third-order valence-corrected chi connectivity index (χ3v) is 7.28. The van der Waals surface area contributed by atoms with Crippen LogP contribution in [0.5, 0.6) is 11.5 Å². The molecule has 0 unspecified atom stereocenters. The number of ether oxygens (including phenoxy) is 2. The molecule has 0 N–H and O–H groups in total. The van der Waals surface area contributed by atoms with Crippen LogP contribution in [0.15, 0.2) is 53.3 Å². The number of benzene rings is 2. The quantitative estimate of drug-likeness (QED) is 0.398. The average molecular weight is 506 g/mol. The molecule has 0 bridgehead atoms. The zero-order valence-electron chi connectivity index (χ0n) is 20.4. The van der Waals surface area contributed by atoms with Crippen LogP contribution in [0.2, 0.25) is 0 Å². The van der Waals surface area contributed by atoms with Crippen molar-refractivity contribution in [1.82, 2.24) is 19.7 Å². The number of thiazole rings is 1. The lowest BCUT2D eigenvalue weighted by Gasteiger charge is -2.36. The molecule has 10 heteroatoms. The summed E-state index contributed by atoms with van der Waals surface area (Å²) in [4.78, 5) is 34.9. The number of para-hydroxylation sites is 1. The van der Waals surface area contributed by atoms with Crippen molar-refractivity contribution in [3.63, 3.8) is 0 Å². The molecule has 0 atom stereocenters. The Balaban J connectivity index is 1.43. The first kappa shape index (κ1) is 23.8. The number of piperazine rings is 1. The van der Waals surface area contributed by atoms with Gasteiger partial charge in [0.05, 0.1) is 23.9 Å². The molecule has 0 aliphatic carbocycles. The third kappa shape index (κ3) is 4.51. The zero-order valence-corrected chi connectivity index (χ0v) is 21.2. The Morgan fingerprint density at radius 3 is 2.42 bits per heavy atom. The predicted octanol–water partition coefficient (Wildman–Crippen LogP) is 3.19. The second-order valence-electron chi connectivity index (χ2n) is 8.50. The monoisotopic (exact) mass is 505 g/mol. The highest BCUT2D eigenvalue weighted by Crippen LogP contribution is 2.35. The molecule has 4 aromatic rings. The van der Waals surface area contributed by atoms with Crippen LogP contribution in [0.3, 0.4) is 0 Å². The molecule has 186 valence electrons. The number of anilines is 1. The summed E-state index contributed by atoms with van der Waals surface area (Å²) in [6, 6.07) is 15.6. The Hall–Kier alpha value is -3.92. The smallest absolute Gasteiger partial charge is 0.294 e. The molecule has 2 aromatic carbocycles. The molecule has 1 saturated heterocycles. The van der Waals surface area contributed by atoms with Crippen molar-refractivity contribution in [2.24, 2.45) is 0 Å². The second kappa shape index (κ2) is 9.98. The van der Waals surface area contributed by atoms with Gasteiger partial charge < -0.3 is 19.3 Å². The minimum atomic E-state index is -0.366. The van der Waals surface area contributed by atoms with Crippen LogP contribution in [-0.2, 0) is 11.3 Å². The van der Waals surface area contributed by atoms with Crippen molar-refractivity contribution >= 4 is 33.1 Å². The van der Waals surface area contributed by atoms with Crippen molar-refractivity contribution in [2.75, 3.05) is 45.3 Å². The molecule has 1 fully saturated rings. The van der Waals surface area contributed by atoms with E-state index in [1.807, 2.05) is 37.3 Å². The van der Waals surface area contributed by atoms with Crippen molar-refractivity contribution in [3.05, 3.63) is 63.9 Å². The second-order valence-corrected chi connectivity index (χ2v) is 9.70. The van der Waals surface area contributed by atoms with Crippen LogP contribution >= 0.6 is 11.3 Å².